The molecule has 24 heavy (non-hydrogen) atoms. The van der Waals surface area contributed by atoms with E-state index in [9.17, 15) is 9.59 Å². The van der Waals surface area contributed by atoms with Crippen molar-refractivity contribution >= 4 is 29.2 Å². The first-order valence-electron chi connectivity index (χ1n) is 8.40. The molecule has 3 amide bonds. The molecule has 1 saturated heterocycles. The standard InChI is InChI=1S/C17H25ClN4O2/c1-2-7-19-16(23)6-8-20-17(24)22-11-9-21(10-12-22)15-5-3-4-14(18)13-15/h3-5,13H,2,6-12H2,1H3,(H,19,23)(H,20,24). The van der Waals surface area contributed by atoms with Crippen LogP contribution in [0.4, 0.5) is 10.5 Å². The third-order valence-electron chi connectivity index (χ3n) is 3.94. The number of carbonyl (C=O) groups is 2. The summed E-state index contributed by atoms with van der Waals surface area (Å²) in [5.74, 6) is -0.0251. The highest BCUT2D eigenvalue weighted by molar-refractivity contribution is 6.30. The van der Waals surface area contributed by atoms with Crippen LogP contribution in [0.3, 0.4) is 0 Å². The first-order chi connectivity index (χ1) is 11.6. The molecule has 0 spiro atoms. The molecule has 6 nitrogen and oxygen atoms in total. The van der Waals surface area contributed by atoms with Crippen molar-refractivity contribution in [3.8, 4) is 0 Å². The van der Waals surface area contributed by atoms with Gasteiger partial charge in [-0.15, -0.1) is 0 Å². The lowest BCUT2D eigenvalue weighted by atomic mass is 10.2. The molecule has 0 atom stereocenters. The predicted molar refractivity (Wildman–Crippen MR) is 96.6 cm³/mol. The van der Waals surface area contributed by atoms with Crippen LogP contribution in [0.15, 0.2) is 24.3 Å². The van der Waals surface area contributed by atoms with Crippen LogP contribution in [-0.4, -0.2) is 56.1 Å². The number of hydrogen-bond donors (Lipinski definition) is 2. The molecule has 7 heteroatoms. The molecule has 1 heterocycles. The smallest absolute Gasteiger partial charge is 0.317 e. The van der Waals surface area contributed by atoms with E-state index in [0.29, 0.717) is 37.6 Å². The van der Waals surface area contributed by atoms with Crippen LogP contribution in [0.1, 0.15) is 19.8 Å². The monoisotopic (exact) mass is 352 g/mol. The summed E-state index contributed by atoms with van der Waals surface area (Å²) in [6, 6.07) is 7.64. The maximum absolute atomic E-state index is 12.1. The van der Waals surface area contributed by atoms with E-state index in [1.165, 1.54) is 0 Å². The fourth-order valence-electron chi connectivity index (χ4n) is 2.59. The number of amides is 3. The quantitative estimate of drug-likeness (QED) is 0.824. The lowest BCUT2D eigenvalue weighted by Crippen LogP contribution is -2.52. The van der Waals surface area contributed by atoms with E-state index in [4.69, 9.17) is 11.6 Å². The van der Waals surface area contributed by atoms with Crippen LogP contribution in [0.2, 0.25) is 5.02 Å². The molecule has 0 aromatic heterocycles. The fraction of sp³-hybridized carbons (Fsp3) is 0.529. The van der Waals surface area contributed by atoms with Crippen molar-refractivity contribution < 1.29 is 9.59 Å². The summed E-state index contributed by atoms with van der Waals surface area (Å²) >= 11 is 6.02. The third kappa shape index (κ3) is 5.60. The normalized spacial score (nSPS) is 14.4. The molecule has 2 N–H and O–H groups in total. The third-order valence-corrected chi connectivity index (χ3v) is 4.18. The van der Waals surface area contributed by atoms with Crippen molar-refractivity contribution in [3.05, 3.63) is 29.3 Å². The molecular formula is C17H25ClN4O2. The van der Waals surface area contributed by atoms with Gasteiger partial charge in [-0.05, 0) is 24.6 Å². The summed E-state index contributed by atoms with van der Waals surface area (Å²) in [4.78, 5) is 27.6. The Bertz CT molecular complexity index is 559. The highest BCUT2D eigenvalue weighted by Crippen LogP contribution is 2.20. The van der Waals surface area contributed by atoms with E-state index in [-0.39, 0.29) is 11.9 Å². The van der Waals surface area contributed by atoms with Gasteiger partial charge in [-0.3, -0.25) is 4.79 Å². The van der Waals surface area contributed by atoms with E-state index >= 15 is 0 Å². The van der Waals surface area contributed by atoms with Crippen molar-refractivity contribution in [2.75, 3.05) is 44.2 Å². The maximum atomic E-state index is 12.1. The van der Waals surface area contributed by atoms with Crippen molar-refractivity contribution in [2.45, 2.75) is 19.8 Å². The van der Waals surface area contributed by atoms with Gasteiger partial charge in [-0.2, -0.15) is 0 Å². The Hall–Kier alpha value is -1.95. The lowest BCUT2D eigenvalue weighted by Gasteiger charge is -2.36. The number of hydrogen-bond acceptors (Lipinski definition) is 3. The number of carbonyl (C=O) groups excluding carboxylic acids is 2. The summed E-state index contributed by atoms with van der Waals surface area (Å²) in [7, 11) is 0. The van der Waals surface area contributed by atoms with Gasteiger partial charge >= 0.3 is 6.03 Å². The van der Waals surface area contributed by atoms with Crippen LogP contribution in [-0.2, 0) is 4.79 Å². The molecule has 2 rings (SSSR count). The molecule has 1 fully saturated rings. The molecular weight excluding hydrogens is 328 g/mol. The maximum Gasteiger partial charge on any atom is 0.317 e. The number of nitrogens with one attached hydrogen (secondary N) is 2. The van der Waals surface area contributed by atoms with Gasteiger partial charge in [0.05, 0.1) is 0 Å². The van der Waals surface area contributed by atoms with E-state index in [0.717, 1.165) is 25.2 Å². The topological polar surface area (TPSA) is 64.7 Å². The van der Waals surface area contributed by atoms with Gasteiger partial charge in [-0.25, -0.2) is 4.79 Å². The number of benzene rings is 1. The highest BCUT2D eigenvalue weighted by Gasteiger charge is 2.21. The van der Waals surface area contributed by atoms with E-state index in [1.807, 2.05) is 31.2 Å². The van der Waals surface area contributed by atoms with Gasteiger partial charge in [0.25, 0.3) is 0 Å². The zero-order valence-electron chi connectivity index (χ0n) is 14.1. The zero-order chi connectivity index (χ0) is 17.4. The van der Waals surface area contributed by atoms with E-state index < -0.39 is 0 Å². The minimum Gasteiger partial charge on any atom is -0.368 e. The number of urea groups is 1. The summed E-state index contributed by atoms with van der Waals surface area (Å²) in [6.45, 7) is 5.89. The van der Waals surface area contributed by atoms with Crippen molar-refractivity contribution in [2.24, 2.45) is 0 Å². The average Bonchev–Trinajstić information content (AvgIpc) is 2.60. The van der Waals surface area contributed by atoms with Crippen molar-refractivity contribution in [1.82, 2.24) is 15.5 Å². The molecule has 0 radical (unpaired) electrons. The van der Waals surface area contributed by atoms with Gasteiger partial charge < -0.3 is 20.4 Å². The predicted octanol–water partition coefficient (Wildman–Crippen LogP) is 2.09. The number of rotatable bonds is 6. The minimum absolute atomic E-state index is 0.0251. The molecule has 0 saturated carbocycles. The molecule has 132 valence electrons. The lowest BCUT2D eigenvalue weighted by molar-refractivity contribution is -0.120. The second-order valence-corrected chi connectivity index (χ2v) is 6.22. The van der Waals surface area contributed by atoms with Crippen molar-refractivity contribution in [1.29, 1.82) is 0 Å². The van der Waals surface area contributed by atoms with Crippen LogP contribution in [0.25, 0.3) is 0 Å². The van der Waals surface area contributed by atoms with Gasteiger partial charge in [0.1, 0.15) is 0 Å². The SMILES string of the molecule is CCCNC(=O)CCNC(=O)N1CCN(c2cccc(Cl)c2)CC1. The summed E-state index contributed by atoms with van der Waals surface area (Å²) in [6.07, 6.45) is 1.23. The molecule has 1 aliphatic rings. The van der Waals surface area contributed by atoms with Gasteiger partial charge in [-0.1, -0.05) is 24.6 Å². The molecule has 0 bridgehead atoms. The number of halogens is 1. The molecule has 1 aromatic carbocycles. The first kappa shape index (κ1) is 18.4. The summed E-state index contributed by atoms with van der Waals surface area (Å²) in [5, 5.41) is 6.32. The molecule has 0 unspecified atom stereocenters. The largest absolute Gasteiger partial charge is 0.368 e. The minimum atomic E-state index is -0.107. The Labute approximate surface area is 148 Å². The van der Waals surface area contributed by atoms with Gasteiger partial charge in [0.15, 0.2) is 0 Å². The zero-order valence-corrected chi connectivity index (χ0v) is 14.8. The van der Waals surface area contributed by atoms with Crippen LogP contribution in [0.5, 0.6) is 0 Å². The summed E-state index contributed by atoms with van der Waals surface area (Å²) < 4.78 is 0. The highest BCUT2D eigenvalue weighted by atomic mass is 35.5. The second kappa shape index (κ2) is 9.37. The number of piperazine rings is 1. The van der Waals surface area contributed by atoms with Crippen LogP contribution < -0.4 is 15.5 Å². The number of nitrogens with zero attached hydrogens (tertiary/aromatic N) is 2. The molecule has 1 aliphatic heterocycles. The van der Waals surface area contributed by atoms with Crippen molar-refractivity contribution in [3.63, 3.8) is 0 Å². The van der Waals surface area contributed by atoms with E-state index in [1.54, 1.807) is 4.90 Å². The van der Waals surface area contributed by atoms with Crippen LogP contribution in [0, 0.1) is 0 Å². The molecule has 1 aromatic rings. The number of anilines is 1. The Balaban J connectivity index is 1.70. The van der Waals surface area contributed by atoms with Gasteiger partial charge in [0, 0.05) is 56.4 Å². The Kier molecular flexibility index (Phi) is 7.18. The van der Waals surface area contributed by atoms with Gasteiger partial charge in [0.2, 0.25) is 5.91 Å². The Morgan fingerprint density at radius 3 is 2.54 bits per heavy atom. The molecule has 0 aliphatic carbocycles. The van der Waals surface area contributed by atoms with Crippen LogP contribution >= 0.6 is 11.6 Å². The van der Waals surface area contributed by atoms with E-state index in [2.05, 4.69) is 15.5 Å². The Morgan fingerprint density at radius 1 is 1.12 bits per heavy atom. The second-order valence-electron chi connectivity index (χ2n) is 5.79. The Morgan fingerprint density at radius 2 is 1.88 bits per heavy atom. The summed E-state index contributed by atoms with van der Waals surface area (Å²) in [5.41, 5.74) is 1.08. The fourth-order valence-corrected chi connectivity index (χ4v) is 2.77. The first-order valence-corrected chi connectivity index (χ1v) is 8.78. The average molecular weight is 353 g/mol.